The van der Waals surface area contributed by atoms with Gasteiger partial charge >= 0.3 is 0 Å². The fourth-order valence-electron chi connectivity index (χ4n) is 3.68. The van der Waals surface area contributed by atoms with Crippen LogP contribution in [0.2, 0.25) is 0 Å². The smallest absolute Gasteiger partial charge is 0.128 e. The number of ether oxygens (including phenoxy) is 1. The van der Waals surface area contributed by atoms with Gasteiger partial charge in [0.2, 0.25) is 0 Å². The Hall–Kier alpha value is -2.71. The van der Waals surface area contributed by atoms with Crippen molar-refractivity contribution in [2.24, 2.45) is 0 Å². The van der Waals surface area contributed by atoms with Crippen molar-refractivity contribution in [3.8, 4) is 28.3 Å². The third-order valence-corrected chi connectivity index (χ3v) is 5.43. The van der Waals surface area contributed by atoms with Gasteiger partial charge in [-0.1, -0.05) is 50.2 Å². The van der Waals surface area contributed by atoms with Gasteiger partial charge in [0.15, 0.2) is 0 Å². The van der Waals surface area contributed by atoms with E-state index >= 15 is 0 Å². The van der Waals surface area contributed by atoms with Crippen molar-refractivity contribution in [3.05, 3.63) is 60.4 Å². The Balaban J connectivity index is 1.92. The molecule has 0 radical (unpaired) electrons. The van der Waals surface area contributed by atoms with Crippen LogP contribution in [0, 0.1) is 0 Å². The Bertz CT molecular complexity index is 963. The summed E-state index contributed by atoms with van der Waals surface area (Å²) in [4.78, 5) is 4.82. The number of methoxy groups -OCH3 is 1. The molecule has 0 aliphatic carbocycles. The quantitative estimate of drug-likeness (QED) is 0.516. The van der Waals surface area contributed by atoms with Crippen molar-refractivity contribution in [1.82, 2.24) is 31.5 Å². The normalized spacial score (nSPS) is 15.8. The minimum absolute atomic E-state index is 0.00847. The molecule has 1 atom stereocenters. The Morgan fingerprint density at radius 3 is 2.38 bits per heavy atom. The third-order valence-electron chi connectivity index (χ3n) is 5.43. The summed E-state index contributed by atoms with van der Waals surface area (Å²) < 4.78 is 7.96. The van der Waals surface area contributed by atoms with Gasteiger partial charge in [-0.05, 0) is 30.5 Å². The number of hydrogen-bond donors (Lipinski definition) is 4. The van der Waals surface area contributed by atoms with Gasteiger partial charge in [0, 0.05) is 11.1 Å². The zero-order valence-electron chi connectivity index (χ0n) is 17.2. The maximum absolute atomic E-state index is 5.76. The summed E-state index contributed by atoms with van der Waals surface area (Å²) in [6.45, 7) is 6.55. The molecule has 1 saturated heterocycles. The molecule has 3 aromatic rings. The van der Waals surface area contributed by atoms with Crippen LogP contribution in [-0.2, 0) is 0 Å². The minimum Gasteiger partial charge on any atom is -0.496 e. The zero-order valence-corrected chi connectivity index (χ0v) is 17.2. The van der Waals surface area contributed by atoms with E-state index in [-0.39, 0.29) is 12.2 Å². The van der Waals surface area contributed by atoms with Gasteiger partial charge in [-0.15, -0.1) is 0 Å². The Kier molecular flexibility index (Phi) is 5.64. The topological polar surface area (TPSA) is 75.2 Å². The fourth-order valence-corrected chi connectivity index (χ4v) is 3.68. The van der Waals surface area contributed by atoms with E-state index in [1.54, 1.807) is 7.11 Å². The summed E-state index contributed by atoms with van der Waals surface area (Å²) in [7, 11) is 1.72. The molecule has 2 aromatic carbocycles. The van der Waals surface area contributed by atoms with Crippen molar-refractivity contribution >= 4 is 0 Å². The molecule has 4 rings (SSSR count). The van der Waals surface area contributed by atoms with Gasteiger partial charge in [0.25, 0.3) is 0 Å². The highest BCUT2D eigenvalue weighted by molar-refractivity contribution is 5.82. The second-order valence-corrected chi connectivity index (χ2v) is 7.59. The van der Waals surface area contributed by atoms with Crippen molar-refractivity contribution in [2.45, 2.75) is 38.9 Å². The molecule has 1 unspecified atom stereocenters. The summed E-state index contributed by atoms with van der Waals surface area (Å²) in [6.07, 6.45) is 1.90. The first-order valence-electron chi connectivity index (χ1n) is 9.91. The number of imidazole rings is 1. The van der Waals surface area contributed by atoms with E-state index in [0.29, 0.717) is 5.92 Å². The second kappa shape index (κ2) is 8.34. The highest BCUT2D eigenvalue weighted by atomic mass is 16.5. The fraction of sp³-hybridized carbons (Fsp3) is 0.318. The molecule has 2 heterocycles. The minimum atomic E-state index is -0.00847. The van der Waals surface area contributed by atoms with Gasteiger partial charge in [0.1, 0.15) is 11.9 Å². The zero-order chi connectivity index (χ0) is 20.4. The molecule has 7 nitrogen and oxygen atoms in total. The molecule has 0 spiro atoms. The number of benzene rings is 2. The van der Waals surface area contributed by atoms with Gasteiger partial charge in [-0.2, -0.15) is 11.1 Å². The van der Waals surface area contributed by atoms with E-state index in [2.05, 4.69) is 77.6 Å². The lowest BCUT2D eigenvalue weighted by Gasteiger charge is -2.23. The highest BCUT2D eigenvalue weighted by Crippen LogP contribution is 2.40. The number of hydrazine groups is 3. The first-order chi connectivity index (χ1) is 14.1. The third kappa shape index (κ3) is 3.77. The predicted octanol–water partition coefficient (Wildman–Crippen LogP) is 3.35. The lowest BCUT2D eigenvalue weighted by atomic mass is 9.96. The number of rotatable bonds is 6. The summed E-state index contributed by atoms with van der Waals surface area (Å²) >= 11 is 0. The van der Waals surface area contributed by atoms with E-state index in [4.69, 9.17) is 9.72 Å². The van der Waals surface area contributed by atoms with Crippen LogP contribution in [0.15, 0.2) is 54.9 Å². The van der Waals surface area contributed by atoms with Crippen LogP contribution in [-0.4, -0.2) is 22.8 Å². The van der Waals surface area contributed by atoms with Gasteiger partial charge in [-0.25, -0.2) is 15.8 Å². The van der Waals surface area contributed by atoms with Crippen LogP contribution in [0.5, 0.6) is 5.75 Å². The molecule has 0 bridgehead atoms. The maximum Gasteiger partial charge on any atom is 0.128 e. The van der Waals surface area contributed by atoms with Crippen LogP contribution in [0.1, 0.15) is 38.3 Å². The molecule has 0 saturated carbocycles. The molecule has 4 N–H and O–H groups in total. The molecule has 1 aliphatic rings. The standard InChI is InChI=1S/C22H28N6O/c1-14(2)17-10-11-19(29-4)18(12-17)21-20(16-8-6-5-7-9-16)23-13-28(21)15(3)22-24-26-27-25-22/h5-15,22,24-27H,1-4H3. The molecule has 0 amide bonds. The molecular formula is C22H28N6O. The number of nitrogens with zero attached hydrogens (tertiary/aromatic N) is 2. The molecule has 1 aromatic heterocycles. The van der Waals surface area contributed by atoms with Crippen molar-refractivity contribution in [3.63, 3.8) is 0 Å². The van der Waals surface area contributed by atoms with Gasteiger partial charge in [-0.3, -0.25) is 0 Å². The number of aromatic nitrogens is 2. The molecule has 1 aliphatic heterocycles. The molecule has 7 heteroatoms. The van der Waals surface area contributed by atoms with E-state index in [1.807, 2.05) is 24.5 Å². The number of nitrogens with one attached hydrogen (secondary N) is 4. The van der Waals surface area contributed by atoms with E-state index < -0.39 is 0 Å². The lowest BCUT2D eigenvalue weighted by Crippen LogP contribution is -2.40. The average Bonchev–Trinajstić information content (AvgIpc) is 3.43. The maximum atomic E-state index is 5.76. The summed E-state index contributed by atoms with van der Waals surface area (Å²) in [6, 6.07) is 16.8. The molecule has 152 valence electrons. The molecule has 29 heavy (non-hydrogen) atoms. The van der Waals surface area contributed by atoms with Crippen LogP contribution in [0.25, 0.3) is 22.5 Å². The largest absolute Gasteiger partial charge is 0.496 e. The van der Waals surface area contributed by atoms with Gasteiger partial charge < -0.3 is 9.30 Å². The first-order valence-corrected chi connectivity index (χ1v) is 9.91. The summed E-state index contributed by atoms with van der Waals surface area (Å²) in [5, 5.41) is 0. The number of hydrogen-bond acceptors (Lipinski definition) is 6. The molecule has 1 fully saturated rings. The SMILES string of the molecule is COc1ccc(C(C)C)cc1-c1c(-c2ccccc2)ncn1C(C)C1NNNN1. The second-order valence-electron chi connectivity index (χ2n) is 7.59. The van der Waals surface area contributed by atoms with Crippen molar-refractivity contribution in [2.75, 3.05) is 7.11 Å². The van der Waals surface area contributed by atoms with Crippen molar-refractivity contribution in [1.29, 1.82) is 0 Å². The summed E-state index contributed by atoms with van der Waals surface area (Å²) in [5.41, 5.74) is 17.5. The summed E-state index contributed by atoms with van der Waals surface area (Å²) in [5.74, 6) is 1.25. The van der Waals surface area contributed by atoms with E-state index in [0.717, 1.165) is 28.3 Å². The van der Waals surface area contributed by atoms with Crippen molar-refractivity contribution < 1.29 is 4.74 Å². The van der Waals surface area contributed by atoms with Crippen LogP contribution >= 0.6 is 0 Å². The van der Waals surface area contributed by atoms with E-state index in [1.165, 1.54) is 5.56 Å². The Morgan fingerprint density at radius 1 is 1.00 bits per heavy atom. The van der Waals surface area contributed by atoms with Crippen LogP contribution in [0.3, 0.4) is 0 Å². The van der Waals surface area contributed by atoms with Crippen LogP contribution < -0.4 is 26.7 Å². The van der Waals surface area contributed by atoms with Gasteiger partial charge in [0.05, 0.1) is 30.9 Å². The first kappa shape index (κ1) is 19.6. The lowest BCUT2D eigenvalue weighted by molar-refractivity contribution is 0.367. The van der Waals surface area contributed by atoms with E-state index in [9.17, 15) is 0 Å². The Labute approximate surface area is 171 Å². The Morgan fingerprint density at radius 2 is 1.72 bits per heavy atom. The average molecular weight is 393 g/mol. The predicted molar refractivity (Wildman–Crippen MR) is 115 cm³/mol. The highest BCUT2D eigenvalue weighted by Gasteiger charge is 2.27. The van der Waals surface area contributed by atoms with Crippen LogP contribution in [0.4, 0.5) is 0 Å². The molecular weight excluding hydrogens is 364 g/mol. The monoisotopic (exact) mass is 392 g/mol.